The zero-order chi connectivity index (χ0) is 32.1. The van der Waals surface area contributed by atoms with Gasteiger partial charge in [0.2, 0.25) is 6.41 Å². The lowest BCUT2D eigenvalue weighted by molar-refractivity contribution is -0.111. The van der Waals surface area contributed by atoms with E-state index in [0.717, 1.165) is 12.8 Å². The van der Waals surface area contributed by atoms with E-state index in [1.165, 1.54) is 24.4 Å². The number of nitrogens with two attached hydrogens (primary N) is 1. The van der Waals surface area contributed by atoms with Crippen molar-refractivity contribution in [2.75, 3.05) is 23.7 Å². The van der Waals surface area contributed by atoms with Crippen LogP contribution >= 0.6 is 0 Å². The summed E-state index contributed by atoms with van der Waals surface area (Å²) in [6, 6.07) is 15.9. The van der Waals surface area contributed by atoms with Crippen molar-refractivity contribution in [2.45, 2.75) is 39.2 Å². The molecule has 12 heteroatoms. The molecule has 232 valence electrons. The number of nitrogens with one attached hydrogen (secondary N) is 3. The number of hydrogen-bond acceptors (Lipinski definition) is 7. The van der Waals surface area contributed by atoms with E-state index >= 15 is 4.39 Å². The largest absolute Gasteiger partial charge is 0.454 e. The summed E-state index contributed by atoms with van der Waals surface area (Å²) in [6.07, 6.45) is 7.19. The number of para-hydroxylation sites is 1. The quantitative estimate of drug-likeness (QED) is 0.170. The van der Waals surface area contributed by atoms with Gasteiger partial charge in [0.05, 0.1) is 11.2 Å². The number of hydrogen-bond donors (Lipinski definition) is 5. The van der Waals surface area contributed by atoms with Crippen molar-refractivity contribution < 1.29 is 28.6 Å². The molecule has 4 amide bonds. The number of ether oxygens (including phenoxy) is 1. The fraction of sp³-hybridized carbons (Fsp3) is 0.250. The zero-order valence-corrected chi connectivity index (χ0v) is 24.8. The van der Waals surface area contributed by atoms with E-state index in [9.17, 15) is 14.7 Å². The second kappa shape index (κ2) is 15.8. The van der Waals surface area contributed by atoms with E-state index in [0.29, 0.717) is 23.5 Å². The molecule has 3 aromatic rings. The number of carbonyl (C=O) groups excluding carboxylic acids is 3. The third-order valence-corrected chi connectivity index (χ3v) is 6.15. The van der Waals surface area contributed by atoms with Crippen LogP contribution in [-0.4, -0.2) is 52.0 Å². The number of pyridine rings is 1. The van der Waals surface area contributed by atoms with Gasteiger partial charge in [0, 0.05) is 42.9 Å². The van der Waals surface area contributed by atoms with Crippen LogP contribution in [0.5, 0.6) is 11.5 Å². The summed E-state index contributed by atoms with van der Waals surface area (Å²) in [5.41, 5.74) is 4.72. The van der Waals surface area contributed by atoms with Gasteiger partial charge >= 0.3 is 6.03 Å². The molecule has 4 rings (SSSR count). The number of carbonyl (C=O) groups is 3. The average Bonchev–Trinajstić information content (AvgIpc) is 2.99. The molecule has 0 bridgehead atoms. The minimum Gasteiger partial charge on any atom is -0.454 e. The van der Waals surface area contributed by atoms with Crippen molar-refractivity contribution in [1.82, 2.24) is 15.2 Å². The molecule has 44 heavy (non-hydrogen) atoms. The summed E-state index contributed by atoms with van der Waals surface area (Å²) < 4.78 is 21.1. The third kappa shape index (κ3) is 10.2. The summed E-state index contributed by atoms with van der Waals surface area (Å²) in [7, 11) is 0. The lowest BCUT2D eigenvalue weighted by Crippen LogP contribution is -2.34. The molecule has 2 heterocycles. The number of aliphatic hydroxyl groups is 1. The predicted octanol–water partition coefficient (Wildman–Crippen LogP) is 4.99. The number of aromatic nitrogens is 1. The second-order valence-electron chi connectivity index (χ2n) is 10.4. The third-order valence-electron chi connectivity index (χ3n) is 6.15. The first-order chi connectivity index (χ1) is 21.0. The molecule has 6 N–H and O–H groups in total. The van der Waals surface area contributed by atoms with Crippen molar-refractivity contribution in [3.63, 3.8) is 0 Å². The van der Waals surface area contributed by atoms with E-state index < -0.39 is 17.3 Å². The van der Waals surface area contributed by atoms with Crippen LogP contribution in [0, 0.1) is 5.82 Å². The predicted molar refractivity (Wildman–Crippen MR) is 167 cm³/mol. The van der Waals surface area contributed by atoms with E-state index in [1.54, 1.807) is 68.3 Å². The standard InChI is InChI=1S/C31H34FN5O4.CH3NO/c1-21(34-20-31(2,3)40)28(29(38)35-23-10-6-4-7-11-23)22-12-13-26(25(32)18-22)41-24-14-15-33-27(19-24)36-30(39)37-16-8-5-9-17-37;2-1-3/h4,6-8,10-16,18-19,34,40H,5,9,17,20H2,1-3H3,(H,35,38)(H,33,36,39);1H,(H2,2,3)/b28-21-;. The summed E-state index contributed by atoms with van der Waals surface area (Å²) >= 11 is 0. The van der Waals surface area contributed by atoms with Gasteiger partial charge in [-0.15, -0.1) is 0 Å². The maximum atomic E-state index is 15.3. The van der Waals surface area contributed by atoms with Crippen LogP contribution in [0.3, 0.4) is 0 Å². The number of halogens is 1. The monoisotopic (exact) mass is 604 g/mol. The molecule has 0 fully saturated rings. The number of nitrogens with zero attached hydrogens (tertiary/aromatic N) is 2. The minimum atomic E-state index is -1.03. The van der Waals surface area contributed by atoms with Gasteiger partial charge in [0.25, 0.3) is 5.91 Å². The minimum absolute atomic E-state index is 0.0684. The lowest BCUT2D eigenvalue weighted by atomic mass is 10.0. The summed E-state index contributed by atoms with van der Waals surface area (Å²) in [6.45, 7) is 5.77. The fourth-order valence-corrected chi connectivity index (χ4v) is 4.09. The molecule has 1 aliphatic heterocycles. The Hall–Kier alpha value is -5.23. The lowest BCUT2D eigenvalue weighted by Gasteiger charge is -2.21. The number of anilines is 2. The molecule has 0 aliphatic carbocycles. The molecule has 0 unspecified atom stereocenters. The topological polar surface area (TPSA) is 159 Å². The maximum absolute atomic E-state index is 15.3. The maximum Gasteiger partial charge on any atom is 0.327 e. The van der Waals surface area contributed by atoms with Gasteiger partial charge < -0.3 is 31.1 Å². The van der Waals surface area contributed by atoms with Gasteiger partial charge in [-0.3, -0.25) is 14.9 Å². The van der Waals surface area contributed by atoms with Gasteiger partial charge in [-0.25, -0.2) is 14.2 Å². The molecule has 2 aromatic carbocycles. The molecule has 0 atom stereocenters. The van der Waals surface area contributed by atoms with Crippen LogP contribution in [-0.2, 0) is 9.59 Å². The SMILES string of the molecule is C/C(NCC(C)(C)O)=C(/C(=O)Nc1ccccc1)c1ccc(Oc2ccnc(NC(=O)N3C=CCCC3)c2)c(F)c1.NC=O. The Morgan fingerprint density at radius 3 is 2.50 bits per heavy atom. The molecule has 0 radical (unpaired) electrons. The number of rotatable bonds is 9. The van der Waals surface area contributed by atoms with Gasteiger partial charge in [-0.2, -0.15) is 0 Å². The van der Waals surface area contributed by atoms with Crippen LogP contribution in [0.4, 0.5) is 20.7 Å². The van der Waals surface area contributed by atoms with Gasteiger partial charge in [0.15, 0.2) is 11.6 Å². The Morgan fingerprint density at radius 2 is 1.86 bits per heavy atom. The highest BCUT2D eigenvalue weighted by molar-refractivity contribution is 6.26. The summed E-state index contributed by atoms with van der Waals surface area (Å²) in [4.78, 5) is 40.1. The first kappa shape index (κ1) is 33.3. The van der Waals surface area contributed by atoms with Crippen LogP contribution in [0.15, 0.2) is 84.8 Å². The van der Waals surface area contributed by atoms with Crippen LogP contribution in [0.2, 0.25) is 0 Å². The van der Waals surface area contributed by atoms with Gasteiger partial charge in [0.1, 0.15) is 11.6 Å². The normalized spacial score (nSPS) is 13.1. The Bertz CT molecular complexity index is 1500. The fourth-order valence-electron chi connectivity index (χ4n) is 4.09. The molecule has 11 nitrogen and oxygen atoms in total. The van der Waals surface area contributed by atoms with Crippen molar-refractivity contribution in [2.24, 2.45) is 5.73 Å². The molecule has 0 saturated heterocycles. The first-order valence-corrected chi connectivity index (χ1v) is 13.9. The average molecular weight is 605 g/mol. The molecule has 0 spiro atoms. The Morgan fingerprint density at radius 1 is 1.14 bits per heavy atom. The number of allylic oxidation sites excluding steroid dienone is 2. The first-order valence-electron chi connectivity index (χ1n) is 13.9. The Kier molecular flexibility index (Phi) is 12.0. The van der Waals surface area contributed by atoms with Crippen LogP contribution < -0.4 is 26.4 Å². The van der Waals surface area contributed by atoms with Crippen molar-refractivity contribution >= 4 is 35.4 Å². The van der Waals surface area contributed by atoms with Crippen LogP contribution in [0.1, 0.15) is 39.2 Å². The molecule has 1 aromatic heterocycles. The van der Waals surface area contributed by atoms with E-state index in [4.69, 9.17) is 9.53 Å². The van der Waals surface area contributed by atoms with Crippen molar-refractivity contribution in [1.29, 1.82) is 0 Å². The van der Waals surface area contributed by atoms with Crippen LogP contribution in [0.25, 0.3) is 5.57 Å². The highest BCUT2D eigenvalue weighted by Crippen LogP contribution is 2.30. The van der Waals surface area contributed by atoms with E-state index in [1.807, 2.05) is 12.1 Å². The van der Waals surface area contributed by atoms with Crippen molar-refractivity contribution in [3.8, 4) is 11.5 Å². The number of amides is 4. The van der Waals surface area contributed by atoms with E-state index in [-0.39, 0.29) is 41.9 Å². The Labute approximate surface area is 255 Å². The molecular weight excluding hydrogens is 567 g/mol. The molecule has 1 aliphatic rings. The molecular formula is C32H37FN6O5. The number of primary amides is 1. The summed E-state index contributed by atoms with van der Waals surface area (Å²) in [5.74, 6) is -0.663. The smallest absolute Gasteiger partial charge is 0.327 e. The second-order valence-corrected chi connectivity index (χ2v) is 10.4. The number of urea groups is 1. The van der Waals surface area contributed by atoms with E-state index in [2.05, 4.69) is 26.7 Å². The molecule has 0 saturated carbocycles. The number of benzene rings is 2. The van der Waals surface area contributed by atoms with Gasteiger partial charge in [-0.1, -0.05) is 30.3 Å². The highest BCUT2D eigenvalue weighted by atomic mass is 19.1. The van der Waals surface area contributed by atoms with Gasteiger partial charge in [-0.05, 0) is 69.5 Å². The summed E-state index contributed by atoms with van der Waals surface area (Å²) in [5, 5.41) is 18.8. The zero-order valence-electron chi connectivity index (χ0n) is 24.8. The highest BCUT2D eigenvalue weighted by Gasteiger charge is 2.20. The van der Waals surface area contributed by atoms with Crippen molar-refractivity contribution in [3.05, 3.63) is 96.2 Å². The Balaban J connectivity index is 0.00000169.